The van der Waals surface area contributed by atoms with E-state index in [1.807, 2.05) is 18.3 Å². The number of imide groups is 1. The Morgan fingerprint density at radius 1 is 1.12 bits per heavy atom. The Bertz CT molecular complexity index is 1180. The normalized spacial score (nSPS) is 24.1. The highest BCUT2D eigenvalue weighted by Crippen LogP contribution is 2.31. The van der Waals surface area contributed by atoms with Gasteiger partial charge in [-0.1, -0.05) is 0 Å². The highest BCUT2D eigenvalue weighted by Gasteiger charge is 2.39. The van der Waals surface area contributed by atoms with Crippen LogP contribution in [0.2, 0.25) is 0 Å². The van der Waals surface area contributed by atoms with Gasteiger partial charge < -0.3 is 14.4 Å². The molecule has 4 aliphatic rings. The number of carbonyl (C=O) groups excluding carboxylic acids is 3. The van der Waals surface area contributed by atoms with Gasteiger partial charge in [-0.15, -0.1) is 0 Å². The molecule has 9 heteroatoms. The van der Waals surface area contributed by atoms with Gasteiger partial charge in [0.25, 0.3) is 5.91 Å². The molecule has 176 valence electrons. The minimum atomic E-state index is -0.607. The summed E-state index contributed by atoms with van der Waals surface area (Å²) in [4.78, 5) is 45.0. The van der Waals surface area contributed by atoms with Crippen molar-refractivity contribution in [2.75, 3.05) is 19.7 Å². The van der Waals surface area contributed by atoms with Crippen LogP contribution in [0.4, 0.5) is 0 Å². The van der Waals surface area contributed by atoms with E-state index in [1.165, 1.54) is 5.56 Å². The number of fused-ring (bicyclic) bond motifs is 2. The predicted octanol–water partition coefficient (Wildman–Crippen LogP) is 1.43. The van der Waals surface area contributed by atoms with Crippen molar-refractivity contribution in [2.45, 2.75) is 50.9 Å². The summed E-state index contributed by atoms with van der Waals surface area (Å²) in [6, 6.07) is 7.05. The Hall–Kier alpha value is -3.46. The number of nitrogens with zero attached hydrogens (tertiary/aromatic N) is 3. The lowest BCUT2D eigenvalue weighted by molar-refractivity contribution is -0.136. The van der Waals surface area contributed by atoms with E-state index in [0.717, 1.165) is 61.8 Å². The molecule has 0 radical (unpaired) electrons. The van der Waals surface area contributed by atoms with Gasteiger partial charge in [0.1, 0.15) is 23.6 Å². The van der Waals surface area contributed by atoms with Crippen LogP contribution in [0.25, 0.3) is 0 Å². The number of hydrogen-bond acceptors (Lipinski definition) is 7. The minimum absolute atomic E-state index is 0.0687. The molecule has 0 saturated carbocycles. The van der Waals surface area contributed by atoms with Gasteiger partial charge in [0.15, 0.2) is 0 Å². The first-order chi connectivity index (χ1) is 16.5. The second-order valence-corrected chi connectivity index (χ2v) is 9.36. The van der Waals surface area contributed by atoms with E-state index in [2.05, 4.69) is 21.3 Å². The number of nitrogens with one attached hydrogen (secondary N) is 1. The Kier molecular flexibility index (Phi) is 5.21. The lowest BCUT2D eigenvalue weighted by Gasteiger charge is -2.29. The van der Waals surface area contributed by atoms with E-state index >= 15 is 0 Å². The monoisotopic (exact) mass is 462 g/mol. The van der Waals surface area contributed by atoms with Gasteiger partial charge in [0.05, 0.1) is 18.5 Å². The number of ether oxygens (including phenoxy) is 2. The molecule has 2 atom stereocenters. The van der Waals surface area contributed by atoms with E-state index in [-0.39, 0.29) is 24.3 Å². The van der Waals surface area contributed by atoms with Crippen LogP contribution >= 0.6 is 0 Å². The van der Waals surface area contributed by atoms with Crippen LogP contribution in [0.5, 0.6) is 11.5 Å². The average Bonchev–Trinajstić information content (AvgIpc) is 3.53. The Morgan fingerprint density at radius 3 is 2.91 bits per heavy atom. The van der Waals surface area contributed by atoms with Crippen molar-refractivity contribution < 1.29 is 23.9 Å². The number of aromatic nitrogens is 1. The average molecular weight is 463 g/mol. The summed E-state index contributed by atoms with van der Waals surface area (Å²) in [7, 11) is 0. The van der Waals surface area contributed by atoms with Crippen molar-refractivity contribution >= 4 is 17.7 Å². The summed E-state index contributed by atoms with van der Waals surface area (Å²) in [5.41, 5.74) is 3.73. The zero-order valence-corrected chi connectivity index (χ0v) is 18.8. The van der Waals surface area contributed by atoms with Crippen molar-refractivity contribution in [2.24, 2.45) is 0 Å². The molecule has 1 aromatic carbocycles. The topological polar surface area (TPSA) is 101 Å². The third kappa shape index (κ3) is 3.90. The minimum Gasteiger partial charge on any atom is -0.491 e. The molecule has 2 fully saturated rings. The van der Waals surface area contributed by atoms with Crippen molar-refractivity contribution in [1.82, 2.24) is 20.1 Å². The Morgan fingerprint density at radius 2 is 2.03 bits per heavy atom. The van der Waals surface area contributed by atoms with E-state index in [4.69, 9.17) is 9.47 Å². The van der Waals surface area contributed by atoms with Crippen LogP contribution in [0.3, 0.4) is 0 Å². The number of piperidine rings is 1. The van der Waals surface area contributed by atoms with E-state index in [9.17, 15) is 14.4 Å². The second kappa shape index (κ2) is 8.39. The second-order valence-electron chi connectivity index (χ2n) is 9.36. The molecule has 0 spiro atoms. The molecular formula is C25H26N4O5. The molecule has 5 heterocycles. The number of carbonyl (C=O) groups is 3. The molecule has 1 unspecified atom stereocenters. The largest absolute Gasteiger partial charge is 0.491 e. The summed E-state index contributed by atoms with van der Waals surface area (Å²) in [5.74, 6) is 0.780. The maximum absolute atomic E-state index is 12.9. The summed E-state index contributed by atoms with van der Waals surface area (Å²) in [6.45, 7) is 3.62. The van der Waals surface area contributed by atoms with Crippen molar-refractivity contribution in [3.8, 4) is 11.5 Å². The molecule has 1 N–H and O–H groups in total. The molecule has 6 rings (SSSR count). The van der Waals surface area contributed by atoms with Crippen molar-refractivity contribution in [3.63, 3.8) is 0 Å². The number of likely N-dealkylation sites (tertiary alicyclic amines) is 1. The highest BCUT2D eigenvalue weighted by atomic mass is 16.5. The molecule has 1 aromatic heterocycles. The van der Waals surface area contributed by atoms with Crippen LogP contribution in [0, 0.1) is 0 Å². The maximum Gasteiger partial charge on any atom is 0.255 e. The number of benzene rings is 1. The van der Waals surface area contributed by atoms with E-state index in [0.29, 0.717) is 18.5 Å². The van der Waals surface area contributed by atoms with Crippen LogP contribution < -0.4 is 14.8 Å². The maximum atomic E-state index is 12.9. The Labute approximate surface area is 197 Å². The molecule has 4 aliphatic heterocycles. The molecule has 34 heavy (non-hydrogen) atoms. The molecule has 2 saturated heterocycles. The molecule has 2 aromatic rings. The van der Waals surface area contributed by atoms with Crippen LogP contribution in [0.15, 0.2) is 30.5 Å². The van der Waals surface area contributed by atoms with Gasteiger partial charge in [-0.2, -0.15) is 0 Å². The number of rotatable bonds is 5. The molecule has 3 amide bonds. The lowest BCUT2D eigenvalue weighted by Crippen LogP contribution is -2.52. The highest BCUT2D eigenvalue weighted by molar-refractivity contribution is 6.05. The van der Waals surface area contributed by atoms with Crippen molar-refractivity contribution in [1.29, 1.82) is 0 Å². The first-order valence-corrected chi connectivity index (χ1v) is 11.8. The van der Waals surface area contributed by atoms with Gasteiger partial charge >= 0.3 is 0 Å². The van der Waals surface area contributed by atoms with Crippen molar-refractivity contribution in [3.05, 3.63) is 52.8 Å². The Balaban J connectivity index is 1.08. The first kappa shape index (κ1) is 21.1. The molecule has 9 nitrogen and oxygen atoms in total. The standard InChI is InChI=1S/C25H26N4O5/c30-23-4-3-21(24(31)27-23)29-12-16-10-18(1-2-20(16)25(29)32)34-19-5-7-28(14-19)13-17-9-15-6-8-33-22(15)11-26-17/h1-2,9-11,19,21H,3-8,12-14H2,(H,27,30,31)/t19-,21?/m0/s1. The SMILES string of the molecule is O=C1CCC(N2Cc3cc(O[C@H]4CCN(Cc5cc6c(cn5)OCC6)C4)ccc3C2=O)C(=O)N1. The smallest absolute Gasteiger partial charge is 0.255 e. The van der Waals surface area contributed by atoms with Crippen LogP contribution in [-0.4, -0.2) is 64.3 Å². The zero-order valence-electron chi connectivity index (χ0n) is 18.8. The third-order valence-electron chi connectivity index (χ3n) is 7.05. The van der Waals surface area contributed by atoms with E-state index in [1.54, 1.807) is 11.0 Å². The van der Waals surface area contributed by atoms with Crippen LogP contribution in [-0.2, 0) is 29.1 Å². The number of pyridine rings is 1. The predicted molar refractivity (Wildman–Crippen MR) is 120 cm³/mol. The molecular weight excluding hydrogens is 436 g/mol. The third-order valence-corrected chi connectivity index (χ3v) is 7.05. The molecule has 0 bridgehead atoms. The fraction of sp³-hybridized carbons (Fsp3) is 0.440. The lowest BCUT2D eigenvalue weighted by atomic mass is 10.0. The zero-order chi connectivity index (χ0) is 23.2. The summed E-state index contributed by atoms with van der Waals surface area (Å²) >= 11 is 0. The van der Waals surface area contributed by atoms with Gasteiger partial charge in [0, 0.05) is 50.1 Å². The molecule has 0 aliphatic carbocycles. The summed E-state index contributed by atoms with van der Waals surface area (Å²) in [5, 5.41) is 2.34. The number of hydrogen-bond donors (Lipinski definition) is 1. The summed E-state index contributed by atoms with van der Waals surface area (Å²) < 4.78 is 11.8. The van der Waals surface area contributed by atoms with Crippen LogP contribution in [0.1, 0.15) is 46.4 Å². The van der Waals surface area contributed by atoms with E-state index < -0.39 is 11.9 Å². The van der Waals surface area contributed by atoms with Gasteiger partial charge in [0.2, 0.25) is 11.8 Å². The van der Waals surface area contributed by atoms with Gasteiger partial charge in [-0.05, 0) is 42.7 Å². The summed E-state index contributed by atoms with van der Waals surface area (Å²) in [6.07, 6.45) is 4.37. The van der Waals surface area contributed by atoms with Gasteiger partial charge in [-0.25, -0.2) is 0 Å². The number of amides is 3. The first-order valence-electron chi connectivity index (χ1n) is 11.8. The fourth-order valence-corrected chi connectivity index (χ4v) is 5.30. The quantitative estimate of drug-likeness (QED) is 0.671. The fourth-order valence-electron chi connectivity index (χ4n) is 5.30. The van der Waals surface area contributed by atoms with Gasteiger partial charge in [-0.3, -0.25) is 29.6 Å².